The maximum atomic E-state index is 13.3. The van der Waals surface area contributed by atoms with Crippen LogP contribution in [0.4, 0.5) is 17.5 Å². The van der Waals surface area contributed by atoms with Crippen LogP contribution < -0.4 is 15.0 Å². The maximum Gasteiger partial charge on any atom is 0.239 e. The van der Waals surface area contributed by atoms with Gasteiger partial charge in [-0.2, -0.15) is 10.1 Å². The van der Waals surface area contributed by atoms with E-state index in [4.69, 9.17) is 9.72 Å². The van der Waals surface area contributed by atoms with Crippen molar-refractivity contribution in [3.05, 3.63) is 18.0 Å². The highest BCUT2D eigenvalue weighted by atomic mass is 16.5. The van der Waals surface area contributed by atoms with Gasteiger partial charge in [0, 0.05) is 17.8 Å². The van der Waals surface area contributed by atoms with E-state index in [0.717, 1.165) is 50.5 Å². The van der Waals surface area contributed by atoms with Crippen LogP contribution in [0, 0.1) is 0 Å². The van der Waals surface area contributed by atoms with E-state index in [1.807, 2.05) is 4.90 Å². The van der Waals surface area contributed by atoms with Gasteiger partial charge >= 0.3 is 0 Å². The summed E-state index contributed by atoms with van der Waals surface area (Å²) in [6.45, 7) is 0. The Hall–Kier alpha value is -2.68. The summed E-state index contributed by atoms with van der Waals surface area (Å²) >= 11 is 0. The molecule has 3 N–H and O–H groups in total. The van der Waals surface area contributed by atoms with Gasteiger partial charge in [0.05, 0.1) is 17.7 Å². The summed E-state index contributed by atoms with van der Waals surface area (Å²) in [7, 11) is 0. The molecule has 0 unspecified atom stereocenters. The van der Waals surface area contributed by atoms with Gasteiger partial charge in [0.1, 0.15) is 17.6 Å². The van der Waals surface area contributed by atoms with Crippen molar-refractivity contribution in [1.82, 2.24) is 20.2 Å². The van der Waals surface area contributed by atoms with Crippen LogP contribution >= 0.6 is 0 Å². The molecule has 3 fully saturated rings. The van der Waals surface area contributed by atoms with Gasteiger partial charge in [-0.1, -0.05) is 0 Å². The fraction of sp³-hybridized carbons (Fsp3) is 0.600. The van der Waals surface area contributed by atoms with Crippen LogP contribution in [0.3, 0.4) is 0 Å². The van der Waals surface area contributed by atoms with E-state index in [9.17, 15) is 9.90 Å². The lowest BCUT2D eigenvalue weighted by molar-refractivity contribution is -0.121. The second-order valence-corrected chi connectivity index (χ2v) is 8.72. The van der Waals surface area contributed by atoms with Gasteiger partial charge in [-0.25, -0.2) is 10.1 Å². The van der Waals surface area contributed by atoms with Gasteiger partial charge in [0.15, 0.2) is 0 Å². The Labute approximate surface area is 167 Å². The summed E-state index contributed by atoms with van der Waals surface area (Å²) in [4.78, 5) is 24.3. The number of ether oxygens (including phenoxy) is 1. The van der Waals surface area contributed by atoms with E-state index in [0.29, 0.717) is 29.8 Å². The molecule has 2 aromatic rings. The van der Waals surface area contributed by atoms with Gasteiger partial charge < -0.3 is 15.2 Å². The quantitative estimate of drug-likeness (QED) is 0.709. The fourth-order valence-electron chi connectivity index (χ4n) is 4.64. The molecule has 9 nitrogen and oxygen atoms in total. The number of carbonyl (C=O) groups is 1. The number of aromatic amines is 1. The third kappa shape index (κ3) is 2.78. The van der Waals surface area contributed by atoms with E-state index in [2.05, 4.69) is 20.5 Å². The molecule has 1 spiro atoms. The number of aliphatic hydroxyl groups is 1. The molecule has 6 rings (SSSR count). The molecule has 29 heavy (non-hydrogen) atoms. The van der Waals surface area contributed by atoms with Crippen molar-refractivity contribution in [3.8, 4) is 5.88 Å². The number of amides is 1. The number of H-pyrrole nitrogens is 1. The fourth-order valence-corrected chi connectivity index (χ4v) is 4.64. The van der Waals surface area contributed by atoms with E-state index in [1.165, 1.54) is 0 Å². The predicted octanol–water partition coefficient (Wildman–Crippen LogP) is 2.17. The first-order valence-electron chi connectivity index (χ1n) is 10.5. The molecular weight excluding hydrogens is 372 g/mol. The average molecular weight is 396 g/mol. The minimum absolute atomic E-state index is 0.00425. The van der Waals surface area contributed by atoms with Gasteiger partial charge in [-0.15, -0.1) is 0 Å². The SMILES string of the molecule is O=C1N([C@@H]2CCC[C@@H](O)C2)c2nc(Nc3cn[nH]c3OC3CC3)ncc2C12CC2. The summed E-state index contributed by atoms with van der Waals surface area (Å²) in [6, 6.07) is -0.00425. The number of aliphatic hydroxyl groups excluding tert-OH is 1. The van der Waals surface area contributed by atoms with Gasteiger partial charge in [0.2, 0.25) is 17.7 Å². The summed E-state index contributed by atoms with van der Waals surface area (Å²) in [5.41, 5.74) is 1.17. The van der Waals surface area contributed by atoms with Crippen molar-refractivity contribution >= 4 is 23.4 Å². The molecule has 3 saturated carbocycles. The normalized spacial score (nSPS) is 27.2. The molecule has 0 bridgehead atoms. The molecule has 4 aliphatic rings. The number of anilines is 3. The first-order valence-corrected chi connectivity index (χ1v) is 10.5. The number of rotatable bonds is 5. The second-order valence-electron chi connectivity index (χ2n) is 8.72. The van der Waals surface area contributed by atoms with Crippen molar-refractivity contribution in [3.63, 3.8) is 0 Å². The Bertz CT molecular complexity index is 967. The molecule has 0 saturated heterocycles. The van der Waals surface area contributed by atoms with Crippen LogP contribution in [0.15, 0.2) is 12.4 Å². The third-order valence-electron chi connectivity index (χ3n) is 6.53. The molecule has 1 aliphatic heterocycles. The summed E-state index contributed by atoms with van der Waals surface area (Å²) < 4.78 is 5.82. The Kier molecular flexibility index (Phi) is 3.65. The lowest BCUT2D eigenvalue weighted by atomic mass is 9.92. The van der Waals surface area contributed by atoms with Crippen molar-refractivity contribution in [2.45, 2.75) is 75.0 Å². The van der Waals surface area contributed by atoms with Crippen molar-refractivity contribution < 1.29 is 14.6 Å². The van der Waals surface area contributed by atoms with Crippen LogP contribution in [0.2, 0.25) is 0 Å². The zero-order chi connectivity index (χ0) is 19.6. The Morgan fingerprint density at radius 2 is 2.10 bits per heavy atom. The molecule has 1 amide bonds. The highest BCUT2D eigenvalue weighted by Crippen LogP contribution is 2.57. The Balaban J connectivity index is 1.32. The number of hydrogen-bond donors (Lipinski definition) is 3. The monoisotopic (exact) mass is 396 g/mol. The van der Waals surface area contributed by atoms with E-state index in [1.54, 1.807) is 12.4 Å². The number of nitrogens with one attached hydrogen (secondary N) is 2. The molecule has 2 aromatic heterocycles. The van der Waals surface area contributed by atoms with Crippen LogP contribution in [-0.4, -0.2) is 49.4 Å². The van der Waals surface area contributed by atoms with Crippen LogP contribution in [-0.2, 0) is 10.2 Å². The van der Waals surface area contributed by atoms with Gasteiger partial charge in [-0.3, -0.25) is 9.69 Å². The Morgan fingerprint density at radius 3 is 2.86 bits per heavy atom. The number of hydrogen-bond acceptors (Lipinski definition) is 7. The lowest BCUT2D eigenvalue weighted by Crippen LogP contribution is -2.44. The van der Waals surface area contributed by atoms with Gasteiger partial charge in [0.25, 0.3) is 0 Å². The number of aromatic nitrogens is 4. The van der Waals surface area contributed by atoms with Crippen LogP contribution in [0.1, 0.15) is 56.9 Å². The molecule has 2 atom stereocenters. The maximum absolute atomic E-state index is 13.3. The van der Waals surface area contributed by atoms with Crippen LogP contribution in [0.5, 0.6) is 5.88 Å². The molecule has 3 heterocycles. The second kappa shape index (κ2) is 6.16. The molecule has 0 aromatic carbocycles. The summed E-state index contributed by atoms with van der Waals surface area (Å²) in [5, 5.41) is 20.2. The standard InChI is InChI=1S/C20H24N6O3/c27-12-3-1-2-11(8-12)26-16-14(20(6-7-20)18(26)28)9-21-19(24-16)23-15-10-22-25-17(15)29-13-4-5-13/h9-13,27H,1-8H2,(H,22,25)(H,21,23,24)/t11-,12-/m1/s1. The number of carbonyl (C=O) groups excluding carboxylic acids is 1. The average Bonchev–Trinajstić information content (AvgIpc) is 3.61. The van der Waals surface area contributed by atoms with Gasteiger partial charge in [-0.05, 0) is 51.4 Å². The minimum Gasteiger partial charge on any atom is -0.473 e. The lowest BCUT2D eigenvalue weighted by Gasteiger charge is -2.33. The highest BCUT2D eigenvalue weighted by molar-refractivity contribution is 6.09. The van der Waals surface area contributed by atoms with E-state index >= 15 is 0 Å². The van der Waals surface area contributed by atoms with E-state index in [-0.39, 0.29) is 24.2 Å². The van der Waals surface area contributed by atoms with Crippen LogP contribution in [0.25, 0.3) is 0 Å². The molecule has 9 heteroatoms. The zero-order valence-corrected chi connectivity index (χ0v) is 16.1. The van der Waals surface area contributed by atoms with E-state index < -0.39 is 5.41 Å². The topological polar surface area (TPSA) is 116 Å². The summed E-state index contributed by atoms with van der Waals surface area (Å²) in [6.07, 6.45) is 10.4. The molecule has 3 aliphatic carbocycles. The summed E-state index contributed by atoms with van der Waals surface area (Å²) in [5.74, 6) is 1.81. The predicted molar refractivity (Wildman–Crippen MR) is 104 cm³/mol. The zero-order valence-electron chi connectivity index (χ0n) is 16.1. The minimum atomic E-state index is -0.438. The molecule has 0 radical (unpaired) electrons. The number of nitrogens with zero attached hydrogens (tertiary/aromatic N) is 4. The molecule has 152 valence electrons. The largest absolute Gasteiger partial charge is 0.473 e. The molecular formula is C20H24N6O3. The highest BCUT2D eigenvalue weighted by Gasteiger charge is 2.61. The van der Waals surface area contributed by atoms with Crippen molar-refractivity contribution in [1.29, 1.82) is 0 Å². The third-order valence-corrected chi connectivity index (χ3v) is 6.53. The number of fused-ring (bicyclic) bond motifs is 2. The first kappa shape index (κ1) is 17.2. The van der Waals surface area contributed by atoms with Crippen molar-refractivity contribution in [2.75, 3.05) is 10.2 Å². The van der Waals surface area contributed by atoms with Crippen molar-refractivity contribution in [2.24, 2.45) is 0 Å². The smallest absolute Gasteiger partial charge is 0.239 e. The Morgan fingerprint density at radius 1 is 1.24 bits per heavy atom. The first-order chi connectivity index (χ1) is 14.1.